The first-order valence-corrected chi connectivity index (χ1v) is 10.1. The van der Waals surface area contributed by atoms with E-state index in [0.717, 1.165) is 62.6 Å². The summed E-state index contributed by atoms with van der Waals surface area (Å²) in [4.78, 5) is 14.8. The van der Waals surface area contributed by atoms with Crippen LogP contribution in [0.1, 0.15) is 74.3 Å². The number of aromatic nitrogens is 3. The lowest BCUT2D eigenvalue weighted by atomic mass is 10.1. The number of carbonyl (C=O) groups is 1. The molecule has 1 fully saturated rings. The number of likely N-dealkylation sites (tertiary alicyclic amines) is 1. The Morgan fingerprint density at radius 3 is 2.96 bits per heavy atom. The molecule has 0 aliphatic carbocycles. The summed E-state index contributed by atoms with van der Waals surface area (Å²) < 4.78 is 7.53. The van der Waals surface area contributed by atoms with Crippen LogP contribution in [-0.4, -0.2) is 38.8 Å². The van der Waals surface area contributed by atoms with Gasteiger partial charge >= 0.3 is 0 Å². The fraction of sp³-hybridized carbons (Fsp3) is 0.650. The van der Waals surface area contributed by atoms with Crippen LogP contribution >= 0.6 is 12.4 Å². The predicted molar refractivity (Wildman–Crippen MR) is 108 cm³/mol. The van der Waals surface area contributed by atoms with E-state index in [0.29, 0.717) is 18.8 Å². The normalized spacial score (nSPS) is 19.4. The second-order valence-electron chi connectivity index (χ2n) is 7.93. The lowest BCUT2D eigenvalue weighted by molar-refractivity contribution is -0.132. The van der Waals surface area contributed by atoms with Crippen molar-refractivity contribution in [3.8, 4) is 0 Å². The molecule has 1 saturated heterocycles. The quantitative estimate of drug-likeness (QED) is 0.823. The Morgan fingerprint density at radius 1 is 1.32 bits per heavy atom. The van der Waals surface area contributed by atoms with E-state index in [-0.39, 0.29) is 24.4 Å². The number of carbonyl (C=O) groups excluding carboxylic acids is 1. The molecule has 1 unspecified atom stereocenters. The third-order valence-corrected chi connectivity index (χ3v) is 5.57. The minimum absolute atomic E-state index is 0. The van der Waals surface area contributed by atoms with Crippen molar-refractivity contribution in [3.05, 3.63) is 35.0 Å². The summed E-state index contributed by atoms with van der Waals surface area (Å²) in [5.41, 5.74) is 3.13. The summed E-state index contributed by atoms with van der Waals surface area (Å²) in [6, 6.07) is 4.21. The molecular weight excluding hydrogens is 378 g/mol. The highest BCUT2D eigenvalue weighted by atomic mass is 35.5. The van der Waals surface area contributed by atoms with Crippen LogP contribution in [0.15, 0.2) is 16.7 Å². The van der Waals surface area contributed by atoms with Crippen LogP contribution in [0.2, 0.25) is 0 Å². The Kier molecular flexibility index (Phi) is 6.78. The molecule has 7 nitrogen and oxygen atoms in total. The summed E-state index contributed by atoms with van der Waals surface area (Å²) in [7, 11) is 0. The standard InChI is InChI=1S/C20H29N5O2.ClH/c1-14(2)19-12-17(23-27-19)18-5-3-9-24(18)20(26)7-6-15-11-16-13-21-8-4-10-25(16)22-15;/h11-12,14,18,21H,3-10,13H2,1-2H3;1H. The Labute approximate surface area is 172 Å². The van der Waals surface area contributed by atoms with Crippen molar-refractivity contribution in [2.75, 3.05) is 13.1 Å². The molecule has 4 rings (SSSR count). The molecular formula is C20H30ClN5O2. The van der Waals surface area contributed by atoms with E-state index in [1.807, 2.05) is 11.0 Å². The molecule has 2 aliphatic heterocycles. The van der Waals surface area contributed by atoms with E-state index in [4.69, 9.17) is 4.52 Å². The zero-order valence-corrected chi connectivity index (χ0v) is 17.5. The maximum Gasteiger partial charge on any atom is 0.223 e. The molecule has 0 radical (unpaired) electrons. The smallest absolute Gasteiger partial charge is 0.223 e. The van der Waals surface area contributed by atoms with Crippen LogP contribution in [0.3, 0.4) is 0 Å². The summed E-state index contributed by atoms with van der Waals surface area (Å²) >= 11 is 0. The Bertz CT molecular complexity index is 777. The summed E-state index contributed by atoms with van der Waals surface area (Å²) in [5, 5.41) is 12.3. The third kappa shape index (κ3) is 4.41. The monoisotopic (exact) mass is 407 g/mol. The molecule has 1 N–H and O–H groups in total. The van der Waals surface area contributed by atoms with Crippen molar-refractivity contribution in [1.29, 1.82) is 0 Å². The highest BCUT2D eigenvalue weighted by molar-refractivity contribution is 5.85. The van der Waals surface area contributed by atoms with E-state index in [9.17, 15) is 4.79 Å². The second kappa shape index (κ2) is 9.09. The van der Waals surface area contributed by atoms with Crippen molar-refractivity contribution < 1.29 is 9.32 Å². The average molecular weight is 408 g/mol. The van der Waals surface area contributed by atoms with E-state index in [2.05, 4.69) is 40.2 Å². The molecule has 4 heterocycles. The van der Waals surface area contributed by atoms with Gasteiger partial charge in [-0.2, -0.15) is 5.10 Å². The molecule has 154 valence electrons. The maximum atomic E-state index is 12.9. The average Bonchev–Trinajstić information content (AvgIpc) is 3.36. The number of nitrogens with zero attached hydrogens (tertiary/aromatic N) is 4. The fourth-order valence-corrected chi connectivity index (χ4v) is 4.03. The number of fused-ring (bicyclic) bond motifs is 1. The van der Waals surface area contributed by atoms with Crippen molar-refractivity contribution in [3.63, 3.8) is 0 Å². The van der Waals surface area contributed by atoms with Gasteiger partial charge in [-0.15, -0.1) is 12.4 Å². The van der Waals surface area contributed by atoms with Gasteiger partial charge in [-0.05, 0) is 31.9 Å². The van der Waals surface area contributed by atoms with Crippen LogP contribution in [0.4, 0.5) is 0 Å². The van der Waals surface area contributed by atoms with Gasteiger partial charge in [0, 0.05) is 44.5 Å². The van der Waals surface area contributed by atoms with Gasteiger partial charge in [0.2, 0.25) is 5.91 Å². The zero-order valence-electron chi connectivity index (χ0n) is 16.7. The minimum atomic E-state index is 0. The van der Waals surface area contributed by atoms with Gasteiger partial charge in [0.05, 0.1) is 17.4 Å². The first-order valence-electron chi connectivity index (χ1n) is 10.1. The number of rotatable bonds is 5. The maximum absolute atomic E-state index is 12.9. The molecule has 2 aliphatic rings. The number of aryl methyl sites for hydroxylation is 2. The minimum Gasteiger partial charge on any atom is -0.361 e. The van der Waals surface area contributed by atoms with Gasteiger partial charge < -0.3 is 14.7 Å². The number of halogens is 1. The van der Waals surface area contributed by atoms with Crippen molar-refractivity contribution in [2.45, 2.75) is 71.0 Å². The third-order valence-electron chi connectivity index (χ3n) is 5.57. The molecule has 0 spiro atoms. The summed E-state index contributed by atoms with van der Waals surface area (Å²) in [5.74, 6) is 1.38. The van der Waals surface area contributed by atoms with E-state index in [1.54, 1.807) is 0 Å². The van der Waals surface area contributed by atoms with Crippen LogP contribution < -0.4 is 5.32 Å². The largest absolute Gasteiger partial charge is 0.361 e. The highest BCUT2D eigenvalue weighted by Crippen LogP contribution is 2.33. The molecule has 28 heavy (non-hydrogen) atoms. The molecule has 1 amide bonds. The highest BCUT2D eigenvalue weighted by Gasteiger charge is 2.32. The van der Waals surface area contributed by atoms with Crippen molar-refractivity contribution >= 4 is 18.3 Å². The lowest BCUT2D eigenvalue weighted by Crippen LogP contribution is -2.30. The first-order chi connectivity index (χ1) is 13.1. The van der Waals surface area contributed by atoms with Gasteiger partial charge in [0.25, 0.3) is 0 Å². The van der Waals surface area contributed by atoms with Crippen LogP contribution in [-0.2, 0) is 24.3 Å². The van der Waals surface area contributed by atoms with E-state index in [1.165, 1.54) is 5.69 Å². The molecule has 0 saturated carbocycles. The van der Waals surface area contributed by atoms with Crippen molar-refractivity contribution in [1.82, 2.24) is 25.2 Å². The summed E-state index contributed by atoms with van der Waals surface area (Å²) in [6.45, 7) is 7.83. The first kappa shape index (κ1) is 20.9. The Hall–Kier alpha value is -1.86. The summed E-state index contributed by atoms with van der Waals surface area (Å²) in [6.07, 6.45) is 4.26. The SMILES string of the molecule is CC(C)c1cc(C2CCCN2C(=O)CCc2cc3n(n2)CCCNC3)no1.Cl. The van der Waals surface area contributed by atoms with E-state index < -0.39 is 0 Å². The van der Waals surface area contributed by atoms with Crippen LogP contribution in [0.25, 0.3) is 0 Å². The van der Waals surface area contributed by atoms with E-state index >= 15 is 0 Å². The lowest BCUT2D eigenvalue weighted by Gasteiger charge is -2.22. The van der Waals surface area contributed by atoms with Crippen LogP contribution in [0.5, 0.6) is 0 Å². The molecule has 1 atom stereocenters. The zero-order chi connectivity index (χ0) is 18.8. The Balaban J connectivity index is 0.00000225. The van der Waals surface area contributed by atoms with Crippen LogP contribution in [0, 0.1) is 0 Å². The van der Waals surface area contributed by atoms with Gasteiger partial charge in [-0.25, -0.2) is 0 Å². The molecule has 2 aromatic heterocycles. The predicted octanol–water partition coefficient (Wildman–Crippen LogP) is 3.21. The van der Waals surface area contributed by atoms with Gasteiger partial charge in [-0.1, -0.05) is 19.0 Å². The fourth-order valence-electron chi connectivity index (χ4n) is 4.03. The second-order valence-corrected chi connectivity index (χ2v) is 7.93. The molecule has 8 heteroatoms. The van der Waals surface area contributed by atoms with Crippen molar-refractivity contribution in [2.24, 2.45) is 0 Å². The van der Waals surface area contributed by atoms with Gasteiger partial charge in [-0.3, -0.25) is 9.48 Å². The van der Waals surface area contributed by atoms with Gasteiger partial charge in [0.1, 0.15) is 11.5 Å². The Morgan fingerprint density at radius 2 is 2.18 bits per heavy atom. The molecule has 0 bridgehead atoms. The molecule has 2 aromatic rings. The molecule has 0 aromatic carbocycles. The number of amides is 1. The number of hydrogen-bond acceptors (Lipinski definition) is 5. The van der Waals surface area contributed by atoms with Gasteiger partial charge in [0.15, 0.2) is 0 Å². The number of hydrogen-bond donors (Lipinski definition) is 1. The number of nitrogens with one attached hydrogen (secondary N) is 1. The topological polar surface area (TPSA) is 76.2 Å².